The predicted octanol–water partition coefficient (Wildman–Crippen LogP) is 1.74. The second kappa shape index (κ2) is 3.96. The first-order valence-corrected chi connectivity index (χ1v) is 4.95. The molecule has 0 aliphatic heterocycles. The number of alkyl halides is 3. The van der Waals surface area contributed by atoms with Crippen LogP contribution in [0.4, 0.5) is 5.82 Å². The number of nitrogens with two attached hydrogens (primary N) is 1. The SMILES string of the molecule is CCc1c(N)nc(C(Cl)(Cl)Cl)[nH]c1=O. The molecule has 1 heterocycles. The van der Waals surface area contributed by atoms with Crippen LogP contribution in [-0.4, -0.2) is 9.97 Å². The van der Waals surface area contributed by atoms with Gasteiger partial charge in [-0.05, 0) is 6.42 Å². The summed E-state index contributed by atoms with van der Waals surface area (Å²) in [6.45, 7) is 1.79. The number of H-pyrrole nitrogens is 1. The first kappa shape index (κ1) is 11.6. The summed E-state index contributed by atoms with van der Waals surface area (Å²) in [5.41, 5.74) is 5.54. The van der Waals surface area contributed by atoms with Crippen molar-refractivity contribution in [3.63, 3.8) is 0 Å². The average molecular weight is 257 g/mol. The zero-order chi connectivity index (χ0) is 10.9. The van der Waals surface area contributed by atoms with Gasteiger partial charge in [-0.1, -0.05) is 41.7 Å². The molecule has 1 aromatic rings. The van der Waals surface area contributed by atoms with E-state index in [4.69, 9.17) is 40.5 Å². The number of nitrogens with one attached hydrogen (secondary N) is 1. The lowest BCUT2D eigenvalue weighted by molar-refractivity contribution is 0.915. The monoisotopic (exact) mass is 255 g/mol. The second-order valence-corrected chi connectivity index (χ2v) is 4.91. The van der Waals surface area contributed by atoms with Crippen LogP contribution < -0.4 is 11.3 Å². The number of halogens is 3. The minimum atomic E-state index is -1.76. The Morgan fingerprint density at radius 3 is 2.43 bits per heavy atom. The van der Waals surface area contributed by atoms with E-state index in [0.717, 1.165) is 0 Å². The van der Waals surface area contributed by atoms with E-state index in [1.165, 1.54) is 0 Å². The number of nitrogen functional groups attached to an aromatic ring is 1. The van der Waals surface area contributed by atoms with Gasteiger partial charge in [-0.15, -0.1) is 0 Å². The normalized spacial score (nSPS) is 11.7. The molecule has 7 heteroatoms. The molecule has 0 fully saturated rings. The lowest BCUT2D eigenvalue weighted by Gasteiger charge is -2.11. The minimum absolute atomic E-state index is 0.0674. The van der Waals surface area contributed by atoms with Crippen molar-refractivity contribution in [2.75, 3.05) is 5.73 Å². The zero-order valence-corrected chi connectivity index (χ0v) is 9.54. The summed E-state index contributed by atoms with van der Waals surface area (Å²) in [5.74, 6) is 0.0276. The van der Waals surface area contributed by atoms with Crippen LogP contribution in [0.2, 0.25) is 0 Å². The summed E-state index contributed by atoms with van der Waals surface area (Å²) in [6.07, 6.45) is 0.480. The topological polar surface area (TPSA) is 71.8 Å². The van der Waals surface area contributed by atoms with E-state index in [2.05, 4.69) is 9.97 Å². The van der Waals surface area contributed by atoms with Crippen molar-refractivity contribution < 1.29 is 0 Å². The van der Waals surface area contributed by atoms with Gasteiger partial charge in [0.05, 0.1) is 5.56 Å². The van der Waals surface area contributed by atoms with Crippen LogP contribution in [0.25, 0.3) is 0 Å². The van der Waals surface area contributed by atoms with E-state index in [-0.39, 0.29) is 17.2 Å². The maximum Gasteiger partial charge on any atom is 0.256 e. The van der Waals surface area contributed by atoms with Crippen LogP contribution in [0, 0.1) is 0 Å². The largest absolute Gasteiger partial charge is 0.383 e. The molecule has 4 nitrogen and oxygen atoms in total. The second-order valence-electron chi connectivity index (χ2n) is 2.63. The molecule has 1 aromatic heterocycles. The molecule has 0 atom stereocenters. The summed E-state index contributed by atoms with van der Waals surface area (Å²) in [5, 5.41) is 0. The van der Waals surface area contributed by atoms with Gasteiger partial charge in [0.15, 0.2) is 5.82 Å². The molecule has 0 radical (unpaired) electrons. The number of aromatic nitrogens is 2. The molecule has 0 saturated heterocycles. The zero-order valence-electron chi connectivity index (χ0n) is 7.27. The Morgan fingerprint density at radius 1 is 1.50 bits per heavy atom. The van der Waals surface area contributed by atoms with Gasteiger partial charge >= 0.3 is 0 Å². The summed E-state index contributed by atoms with van der Waals surface area (Å²) in [6, 6.07) is 0. The Bertz CT molecular complexity index is 396. The van der Waals surface area contributed by atoms with E-state index in [1.54, 1.807) is 6.92 Å². The molecule has 0 aliphatic carbocycles. The Morgan fingerprint density at radius 2 is 2.07 bits per heavy atom. The number of hydrogen-bond donors (Lipinski definition) is 2. The molecule has 78 valence electrons. The predicted molar refractivity (Wildman–Crippen MR) is 57.9 cm³/mol. The van der Waals surface area contributed by atoms with Gasteiger partial charge in [-0.2, -0.15) is 0 Å². The van der Waals surface area contributed by atoms with Crippen LogP contribution in [0.1, 0.15) is 18.3 Å². The number of anilines is 1. The Labute approximate surface area is 95.4 Å². The summed E-state index contributed by atoms with van der Waals surface area (Å²) < 4.78 is -1.76. The molecule has 0 saturated carbocycles. The molecule has 0 bridgehead atoms. The highest BCUT2D eigenvalue weighted by atomic mass is 35.6. The van der Waals surface area contributed by atoms with Crippen LogP contribution in [0.15, 0.2) is 4.79 Å². The molecule has 0 unspecified atom stereocenters. The van der Waals surface area contributed by atoms with Gasteiger partial charge in [0.25, 0.3) is 5.56 Å². The Balaban J connectivity index is 3.36. The van der Waals surface area contributed by atoms with E-state index in [1.807, 2.05) is 0 Å². The van der Waals surface area contributed by atoms with E-state index >= 15 is 0 Å². The third kappa shape index (κ3) is 2.32. The van der Waals surface area contributed by atoms with Gasteiger partial charge in [0.2, 0.25) is 3.79 Å². The quantitative estimate of drug-likeness (QED) is 0.752. The van der Waals surface area contributed by atoms with Gasteiger partial charge in [0, 0.05) is 0 Å². The third-order valence-corrected chi connectivity index (χ3v) is 2.21. The van der Waals surface area contributed by atoms with Crippen molar-refractivity contribution in [3.8, 4) is 0 Å². The lowest BCUT2D eigenvalue weighted by atomic mass is 10.2. The van der Waals surface area contributed by atoms with Gasteiger partial charge in [-0.3, -0.25) is 4.79 Å². The van der Waals surface area contributed by atoms with E-state index in [9.17, 15) is 4.79 Å². The highest BCUT2D eigenvalue weighted by molar-refractivity contribution is 6.66. The van der Waals surface area contributed by atoms with Gasteiger partial charge in [-0.25, -0.2) is 4.98 Å². The van der Waals surface area contributed by atoms with Crippen LogP contribution in [0.5, 0.6) is 0 Å². The van der Waals surface area contributed by atoms with Crippen molar-refractivity contribution in [2.24, 2.45) is 0 Å². The number of rotatable bonds is 1. The number of aromatic amines is 1. The molecule has 1 rings (SSSR count). The summed E-state index contributed by atoms with van der Waals surface area (Å²) in [4.78, 5) is 17.6. The van der Waals surface area contributed by atoms with Crippen molar-refractivity contribution in [3.05, 3.63) is 21.7 Å². The molecule has 0 aromatic carbocycles. The van der Waals surface area contributed by atoms with Crippen molar-refractivity contribution in [1.82, 2.24) is 9.97 Å². The maximum atomic E-state index is 11.4. The molecule has 0 spiro atoms. The summed E-state index contributed by atoms with van der Waals surface area (Å²) in [7, 11) is 0. The molecule has 3 N–H and O–H groups in total. The molecule has 0 amide bonds. The fourth-order valence-corrected chi connectivity index (χ4v) is 1.26. The molecular weight excluding hydrogens is 248 g/mol. The first-order valence-electron chi connectivity index (χ1n) is 3.82. The van der Waals surface area contributed by atoms with E-state index < -0.39 is 3.79 Å². The number of hydrogen-bond acceptors (Lipinski definition) is 3. The van der Waals surface area contributed by atoms with E-state index in [0.29, 0.717) is 12.0 Å². The highest BCUT2D eigenvalue weighted by Crippen LogP contribution is 2.35. The first-order chi connectivity index (χ1) is 6.36. The Kier molecular flexibility index (Phi) is 3.29. The maximum absolute atomic E-state index is 11.4. The van der Waals surface area contributed by atoms with Crippen LogP contribution >= 0.6 is 34.8 Å². The molecule has 14 heavy (non-hydrogen) atoms. The fourth-order valence-electron chi connectivity index (χ4n) is 0.991. The third-order valence-electron chi connectivity index (χ3n) is 1.67. The van der Waals surface area contributed by atoms with Gasteiger partial charge < -0.3 is 10.7 Å². The summed E-state index contributed by atoms with van der Waals surface area (Å²) >= 11 is 16.6. The van der Waals surface area contributed by atoms with Crippen LogP contribution in [-0.2, 0) is 10.2 Å². The van der Waals surface area contributed by atoms with Gasteiger partial charge in [0.1, 0.15) is 5.82 Å². The smallest absolute Gasteiger partial charge is 0.256 e. The van der Waals surface area contributed by atoms with Crippen LogP contribution in [0.3, 0.4) is 0 Å². The number of nitrogens with zero attached hydrogens (tertiary/aromatic N) is 1. The lowest BCUT2D eigenvalue weighted by Crippen LogP contribution is -2.22. The van der Waals surface area contributed by atoms with Crippen molar-refractivity contribution >= 4 is 40.6 Å². The standard InChI is InChI=1S/C7H8Cl3N3O/c1-2-3-4(11)12-6(7(8,9)10)13-5(3)14/h2H2,1H3,(H3,11,12,13,14). The molecule has 0 aliphatic rings. The Hall–Kier alpha value is -0.450. The van der Waals surface area contributed by atoms with Crippen molar-refractivity contribution in [2.45, 2.75) is 17.1 Å². The fraction of sp³-hybridized carbons (Fsp3) is 0.429. The molecular formula is C7H8Cl3N3O. The van der Waals surface area contributed by atoms with Crippen molar-refractivity contribution in [1.29, 1.82) is 0 Å². The highest BCUT2D eigenvalue weighted by Gasteiger charge is 2.27. The average Bonchev–Trinajstić information content (AvgIpc) is 2.01. The minimum Gasteiger partial charge on any atom is -0.383 e.